The van der Waals surface area contributed by atoms with Gasteiger partial charge in [-0.15, -0.1) is 11.6 Å². The fraction of sp³-hybridized carbons (Fsp3) is 1.00. The van der Waals surface area contributed by atoms with Gasteiger partial charge in [-0.3, -0.25) is 0 Å². The van der Waals surface area contributed by atoms with Gasteiger partial charge >= 0.3 is 0 Å². The van der Waals surface area contributed by atoms with E-state index in [1.165, 1.54) is 44.9 Å². The van der Waals surface area contributed by atoms with Crippen LogP contribution in [0.2, 0.25) is 5.54 Å². The van der Waals surface area contributed by atoms with Gasteiger partial charge in [0, 0.05) is 5.88 Å². The van der Waals surface area contributed by atoms with E-state index >= 15 is 0 Å². The van der Waals surface area contributed by atoms with Crippen LogP contribution in [0, 0.1) is 0 Å². The Morgan fingerprint density at radius 2 is 1.55 bits per heavy atom. The lowest BCUT2D eigenvalue weighted by molar-refractivity contribution is 0.468. The number of unbranched alkanes of at least 4 members (excludes halogenated alkanes) is 2. The van der Waals surface area contributed by atoms with E-state index in [1.807, 2.05) is 0 Å². The number of nitrogens with one attached hydrogen (secondary N) is 3. The minimum Gasteiger partial charge on any atom is -0.313 e. The number of alkyl halides is 1. The molecule has 120 valence electrons. The molecule has 1 saturated carbocycles. The van der Waals surface area contributed by atoms with Crippen LogP contribution in [0.1, 0.15) is 65.2 Å². The van der Waals surface area contributed by atoms with Crippen molar-refractivity contribution < 1.29 is 0 Å². The topological polar surface area (TPSA) is 36.1 Å². The quantitative estimate of drug-likeness (QED) is 0.310. The van der Waals surface area contributed by atoms with Gasteiger partial charge in [-0.25, -0.2) is 0 Å². The molecular formula is C15H34ClN3Si. The Morgan fingerprint density at radius 3 is 2.10 bits per heavy atom. The minimum atomic E-state index is -1.74. The Balaban J connectivity index is 2.55. The van der Waals surface area contributed by atoms with Crippen LogP contribution in [0.4, 0.5) is 0 Å². The molecule has 0 atom stereocenters. The molecule has 0 aromatic carbocycles. The van der Waals surface area contributed by atoms with E-state index in [0.29, 0.717) is 0 Å². The van der Waals surface area contributed by atoms with Crippen LogP contribution in [0.15, 0.2) is 0 Å². The Morgan fingerprint density at radius 1 is 0.900 bits per heavy atom. The normalized spacial score (nSPS) is 17.6. The van der Waals surface area contributed by atoms with Crippen molar-refractivity contribution in [3.63, 3.8) is 0 Å². The molecule has 1 fully saturated rings. The highest BCUT2D eigenvalue weighted by Gasteiger charge is 2.41. The summed E-state index contributed by atoms with van der Waals surface area (Å²) in [6.07, 6.45) is 10.6. The monoisotopic (exact) mass is 319 g/mol. The summed E-state index contributed by atoms with van der Waals surface area (Å²) in [4.78, 5) is 11.6. The van der Waals surface area contributed by atoms with Crippen molar-refractivity contribution in [1.82, 2.24) is 14.9 Å². The van der Waals surface area contributed by atoms with Gasteiger partial charge in [0.2, 0.25) is 0 Å². The fourth-order valence-corrected chi connectivity index (χ4v) is 7.79. The Kier molecular flexibility index (Phi) is 10.2. The van der Waals surface area contributed by atoms with E-state index in [1.54, 1.807) is 0 Å². The van der Waals surface area contributed by atoms with Crippen LogP contribution in [-0.2, 0) is 0 Å². The molecule has 20 heavy (non-hydrogen) atoms. The highest BCUT2D eigenvalue weighted by atomic mass is 35.5. The number of halogens is 1. The number of rotatable bonds is 11. The first-order chi connectivity index (χ1) is 9.79. The van der Waals surface area contributed by atoms with E-state index in [9.17, 15) is 0 Å². The van der Waals surface area contributed by atoms with Gasteiger partial charge in [0.05, 0.1) is 0 Å². The fourth-order valence-electron chi connectivity index (χ4n) is 3.40. The average molecular weight is 320 g/mol. The van der Waals surface area contributed by atoms with Gasteiger partial charge in [0.25, 0.3) is 8.56 Å². The van der Waals surface area contributed by atoms with Gasteiger partial charge in [-0.1, -0.05) is 39.5 Å². The first-order valence-electron chi connectivity index (χ1n) is 8.60. The molecule has 1 rings (SSSR count). The highest BCUT2D eigenvalue weighted by molar-refractivity contribution is 6.74. The second-order valence-corrected chi connectivity index (χ2v) is 9.75. The lowest BCUT2D eigenvalue weighted by atomic mass is 10.0. The zero-order chi connectivity index (χ0) is 14.7. The van der Waals surface area contributed by atoms with Crippen LogP contribution < -0.4 is 14.9 Å². The SMILES string of the molecule is CCN[Si](NCC)(NCCCCCCl)C1CCCCC1. The van der Waals surface area contributed by atoms with Gasteiger partial charge in [0.1, 0.15) is 0 Å². The molecule has 0 aliphatic heterocycles. The molecule has 0 radical (unpaired) electrons. The van der Waals surface area contributed by atoms with Crippen LogP contribution in [0.25, 0.3) is 0 Å². The first-order valence-corrected chi connectivity index (χ1v) is 11.2. The third-order valence-electron chi connectivity index (χ3n) is 4.34. The molecule has 0 aromatic heterocycles. The van der Waals surface area contributed by atoms with E-state index < -0.39 is 8.56 Å². The van der Waals surface area contributed by atoms with Crippen LogP contribution in [-0.4, -0.2) is 34.1 Å². The largest absolute Gasteiger partial charge is 0.313 e. The molecule has 0 saturated heterocycles. The van der Waals surface area contributed by atoms with E-state index in [-0.39, 0.29) is 0 Å². The van der Waals surface area contributed by atoms with Crippen molar-refractivity contribution in [3.05, 3.63) is 0 Å². The standard InChI is InChI=1S/C15H34ClN3Si/c1-3-17-20(18-4-2,15-11-7-5-8-12-15)19-14-10-6-9-13-16/h15,17-19H,3-14H2,1-2H3. The zero-order valence-electron chi connectivity index (χ0n) is 13.4. The van der Waals surface area contributed by atoms with Crippen LogP contribution in [0.3, 0.4) is 0 Å². The van der Waals surface area contributed by atoms with Gasteiger partial charge in [0.15, 0.2) is 0 Å². The molecule has 1 aliphatic rings. The first kappa shape index (κ1) is 18.4. The molecular weight excluding hydrogens is 286 g/mol. The Hall–Kier alpha value is 0.387. The lowest BCUT2D eigenvalue weighted by Gasteiger charge is -2.41. The molecule has 0 spiro atoms. The van der Waals surface area contributed by atoms with Gasteiger partial charge in [-0.2, -0.15) is 0 Å². The maximum Gasteiger partial charge on any atom is 0.284 e. The summed E-state index contributed by atoms with van der Waals surface area (Å²) in [5.41, 5.74) is 0.837. The predicted molar refractivity (Wildman–Crippen MR) is 92.5 cm³/mol. The summed E-state index contributed by atoms with van der Waals surface area (Å²) in [5, 5.41) is 0. The highest BCUT2D eigenvalue weighted by Crippen LogP contribution is 2.33. The Labute approximate surface area is 131 Å². The molecule has 0 heterocycles. The van der Waals surface area contributed by atoms with E-state index in [0.717, 1.165) is 37.5 Å². The van der Waals surface area contributed by atoms with Crippen LogP contribution in [0.5, 0.6) is 0 Å². The summed E-state index contributed by atoms with van der Waals surface area (Å²) in [6.45, 7) is 7.71. The maximum absolute atomic E-state index is 5.76. The molecule has 5 heteroatoms. The summed E-state index contributed by atoms with van der Waals surface area (Å²) in [7, 11) is -1.74. The smallest absolute Gasteiger partial charge is 0.284 e. The van der Waals surface area contributed by atoms with Crippen molar-refractivity contribution in [2.24, 2.45) is 0 Å². The van der Waals surface area contributed by atoms with Crippen molar-refractivity contribution in [1.29, 1.82) is 0 Å². The summed E-state index contributed by atoms with van der Waals surface area (Å²) >= 11 is 5.76. The minimum absolute atomic E-state index is 0.797. The summed E-state index contributed by atoms with van der Waals surface area (Å²) < 4.78 is 0. The van der Waals surface area contributed by atoms with Crippen molar-refractivity contribution in [3.8, 4) is 0 Å². The molecule has 3 N–H and O–H groups in total. The van der Waals surface area contributed by atoms with Crippen molar-refractivity contribution >= 4 is 20.2 Å². The van der Waals surface area contributed by atoms with Gasteiger partial charge < -0.3 is 14.9 Å². The molecule has 0 aromatic rings. The number of hydrogen-bond acceptors (Lipinski definition) is 3. The van der Waals surface area contributed by atoms with Crippen molar-refractivity contribution in [2.45, 2.75) is 70.8 Å². The van der Waals surface area contributed by atoms with Gasteiger partial charge in [-0.05, 0) is 50.9 Å². The lowest BCUT2D eigenvalue weighted by Crippen LogP contribution is -2.75. The van der Waals surface area contributed by atoms with Crippen LogP contribution >= 0.6 is 11.6 Å². The third-order valence-corrected chi connectivity index (χ3v) is 9.04. The zero-order valence-corrected chi connectivity index (χ0v) is 15.2. The van der Waals surface area contributed by atoms with E-state index in [4.69, 9.17) is 11.6 Å². The van der Waals surface area contributed by atoms with E-state index in [2.05, 4.69) is 28.8 Å². The third kappa shape index (κ3) is 6.02. The second kappa shape index (κ2) is 11.0. The average Bonchev–Trinajstić information content (AvgIpc) is 2.48. The summed E-state index contributed by atoms with van der Waals surface area (Å²) in [6, 6.07) is 0. The predicted octanol–water partition coefficient (Wildman–Crippen LogP) is 3.48. The van der Waals surface area contributed by atoms with Crippen molar-refractivity contribution in [2.75, 3.05) is 25.5 Å². The summed E-state index contributed by atoms with van der Waals surface area (Å²) in [5.74, 6) is 0.797. The molecule has 0 bridgehead atoms. The number of hydrogen-bond donors (Lipinski definition) is 3. The second-order valence-electron chi connectivity index (χ2n) is 5.88. The Bertz CT molecular complexity index is 229. The molecule has 1 aliphatic carbocycles. The molecule has 0 unspecified atom stereocenters. The maximum atomic E-state index is 5.76. The molecule has 0 amide bonds. The molecule has 3 nitrogen and oxygen atoms in total.